The molecule has 4 unspecified atom stereocenters. The van der Waals surface area contributed by atoms with Crippen molar-refractivity contribution in [3.8, 4) is 0 Å². The van der Waals surface area contributed by atoms with Crippen LogP contribution >= 0.6 is 0 Å². The topological polar surface area (TPSA) is 53.5 Å². The van der Waals surface area contributed by atoms with Gasteiger partial charge in [0.1, 0.15) is 0 Å². The van der Waals surface area contributed by atoms with E-state index in [0.29, 0.717) is 24.5 Å². The van der Waals surface area contributed by atoms with E-state index in [-0.39, 0.29) is 5.41 Å². The normalized spacial score (nSPS) is 28.9. The van der Waals surface area contributed by atoms with Crippen molar-refractivity contribution in [2.75, 3.05) is 26.3 Å². The standard InChI is InChI=1S/C21H34N2O2/c1-21(2,3)16-9-7-15(8-10-16)20(24)13-23-18-6-4-5-17(18)19-14-25-12-11-22-19/h7-10,17-20,22-24H,4-6,11-14H2,1-3H3. The predicted molar refractivity (Wildman–Crippen MR) is 102 cm³/mol. The Hall–Kier alpha value is -0.940. The fourth-order valence-corrected chi connectivity index (χ4v) is 4.17. The molecule has 4 heteroatoms. The summed E-state index contributed by atoms with van der Waals surface area (Å²) in [5.74, 6) is 0.607. The van der Waals surface area contributed by atoms with Crippen LogP contribution in [-0.2, 0) is 10.2 Å². The molecule has 4 nitrogen and oxygen atoms in total. The predicted octanol–water partition coefficient (Wildman–Crippen LogP) is 2.76. The fourth-order valence-electron chi connectivity index (χ4n) is 4.17. The first-order valence-electron chi connectivity index (χ1n) is 9.78. The minimum atomic E-state index is -0.453. The molecule has 0 amide bonds. The van der Waals surface area contributed by atoms with Gasteiger partial charge in [-0.25, -0.2) is 0 Å². The number of benzene rings is 1. The fraction of sp³-hybridized carbons (Fsp3) is 0.714. The van der Waals surface area contributed by atoms with E-state index in [1.165, 1.54) is 24.8 Å². The highest BCUT2D eigenvalue weighted by Crippen LogP contribution is 2.30. The summed E-state index contributed by atoms with van der Waals surface area (Å²) in [5, 5.41) is 17.8. The summed E-state index contributed by atoms with van der Waals surface area (Å²) in [6, 6.07) is 9.34. The highest BCUT2D eigenvalue weighted by molar-refractivity contribution is 5.28. The lowest BCUT2D eigenvalue weighted by molar-refractivity contribution is 0.0513. The van der Waals surface area contributed by atoms with Crippen molar-refractivity contribution in [1.29, 1.82) is 0 Å². The van der Waals surface area contributed by atoms with Crippen LogP contribution in [0.2, 0.25) is 0 Å². The van der Waals surface area contributed by atoms with E-state index in [1.807, 2.05) is 0 Å². The van der Waals surface area contributed by atoms with Crippen LogP contribution in [0.3, 0.4) is 0 Å². The van der Waals surface area contributed by atoms with Crippen LogP contribution < -0.4 is 10.6 Å². The molecule has 2 fully saturated rings. The van der Waals surface area contributed by atoms with Gasteiger partial charge < -0.3 is 20.5 Å². The van der Waals surface area contributed by atoms with Crippen molar-refractivity contribution in [2.24, 2.45) is 5.92 Å². The molecular formula is C21H34N2O2. The second kappa shape index (κ2) is 8.17. The number of rotatable bonds is 5. The Kier molecular flexibility index (Phi) is 6.16. The van der Waals surface area contributed by atoms with Crippen molar-refractivity contribution in [3.63, 3.8) is 0 Å². The molecule has 1 heterocycles. The summed E-state index contributed by atoms with van der Waals surface area (Å²) in [5.41, 5.74) is 2.44. The Morgan fingerprint density at radius 2 is 2.00 bits per heavy atom. The molecule has 0 radical (unpaired) electrons. The SMILES string of the molecule is CC(C)(C)c1ccc(C(O)CNC2CCCC2C2COCCN2)cc1. The van der Waals surface area contributed by atoms with Gasteiger partial charge in [0.25, 0.3) is 0 Å². The Bertz CT molecular complexity index is 532. The van der Waals surface area contributed by atoms with Crippen molar-refractivity contribution < 1.29 is 9.84 Å². The van der Waals surface area contributed by atoms with Crippen LogP contribution in [0.5, 0.6) is 0 Å². The molecule has 1 saturated heterocycles. The maximum atomic E-state index is 10.6. The van der Waals surface area contributed by atoms with Crippen LogP contribution in [0.25, 0.3) is 0 Å². The van der Waals surface area contributed by atoms with E-state index in [2.05, 4.69) is 55.7 Å². The van der Waals surface area contributed by atoms with Gasteiger partial charge in [0.15, 0.2) is 0 Å². The molecule has 3 N–H and O–H groups in total. The summed E-state index contributed by atoms with van der Waals surface area (Å²) < 4.78 is 5.64. The summed E-state index contributed by atoms with van der Waals surface area (Å²) >= 11 is 0. The van der Waals surface area contributed by atoms with E-state index in [1.54, 1.807) is 0 Å². The summed E-state index contributed by atoms with van der Waals surface area (Å²) in [6.07, 6.45) is 3.25. The number of aliphatic hydroxyl groups excluding tert-OH is 1. The Labute approximate surface area is 152 Å². The lowest BCUT2D eigenvalue weighted by atomic mass is 9.86. The van der Waals surface area contributed by atoms with Gasteiger partial charge in [0.05, 0.1) is 19.3 Å². The monoisotopic (exact) mass is 346 g/mol. The first-order chi connectivity index (χ1) is 11.9. The third kappa shape index (κ3) is 4.82. The van der Waals surface area contributed by atoms with Gasteiger partial charge in [-0.2, -0.15) is 0 Å². The van der Waals surface area contributed by atoms with Crippen molar-refractivity contribution in [2.45, 2.75) is 63.6 Å². The Balaban J connectivity index is 1.53. The van der Waals surface area contributed by atoms with Crippen LogP contribution in [0, 0.1) is 5.92 Å². The summed E-state index contributed by atoms with van der Waals surface area (Å²) in [7, 11) is 0. The van der Waals surface area contributed by atoms with Crippen LogP contribution in [0.1, 0.15) is 57.3 Å². The number of ether oxygens (including phenoxy) is 1. The second-order valence-corrected chi connectivity index (χ2v) is 8.63. The Morgan fingerprint density at radius 3 is 2.64 bits per heavy atom. The van der Waals surface area contributed by atoms with Gasteiger partial charge >= 0.3 is 0 Å². The number of hydrogen-bond donors (Lipinski definition) is 3. The molecule has 25 heavy (non-hydrogen) atoms. The maximum Gasteiger partial charge on any atom is 0.0914 e. The van der Waals surface area contributed by atoms with Crippen molar-refractivity contribution in [1.82, 2.24) is 10.6 Å². The summed E-state index contributed by atoms with van der Waals surface area (Å²) in [4.78, 5) is 0. The zero-order chi connectivity index (χ0) is 17.9. The first-order valence-corrected chi connectivity index (χ1v) is 9.78. The average molecular weight is 347 g/mol. The van der Waals surface area contributed by atoms with Crippen LogP contribution in [0.4, 0.5) is 0 Å². The van der Waals surface area contributed by atoms with E-state index < -0.39 is 6.10 Å². The average Bonchev–Trinajstić information content (AvgIpc) is 3.08. The minimum Gasteiger partial charge on any atom is -0.387 e. The quantitative estimate of drug-likeness (QED) is 0.767. The van der Waals surface area contributed by atoms with Crippen LogP contribution in [-0.4, -0.2) is 43.5 Å². The maximum absolute atomic E-state index is 10.6. The molecule has 0 spiro atoms. The smallest absolute Gasteiger partial charge is 0.0914 e. The van der Waals surface area contributed by atoms with E-state index >= 15 is 0 Å². The van der Waals surface area contributed by atoms with E-state index in [9.17, 15) is 5.11 Å². The van der Waals surface area contributed by atoms with Crippen molar-refractivity contribution >= 4 is 0 Å². The lowest BCUT2D eigenvalue weighted by Crippen LogP contribution is -2.51. The molecule has 2 aliphatic rings. The molecule has 1 aromatic carbocycles. The van der Waals surface area contributed by atoms with Gasteiger partial charge in [0, 0.05) is 25.2 Å². The van der Waals surface area contributed by atoms with Gasteiger partial charge in [-0.05, 0) is 35.3 Å². The number of aliphatic hydroxyl groups is 1. The number of nitrogens with one attached hydrogen (secondary N) is 2. The molecule has 0 bridgehead atoms. The van der Waals surface area contributed by atoms with Gasteiger partial charge in [0.2, 0.25) is 0 Å². The molecule has 4 atom stereocenters. The Morgan fingerprint density at radius 1 is 1.24 bits per heavy atom. The largest absolute Gasteiger partial charge is 0.387 e. The zero-order valence-corrected chi connectivity index (χ0v) is 15.9. The molecule has 1 saturated carbocycles. The van der Waals surface area contributed by atoms with Gasteiger partial charge in [-0.15, -0.1) is 0 Å². The lowest BCUT2D eigenvalue weighted by Gasteiger charge is -2.33. The number of hydrogen-bond acceptors (Lipinski definition) is 4. The highest BCUT2D eigenvalue weighted by Gasteiger charge is 2.34. The van der Waals surface area contributed by atoms with E-state index in [4.69, 9.17) is 4.74 Å². The molecular weight excluding hydrogens is 312 g/mol. The molecule has 0 aromatic heterocycles. The van der Waals surface area contributed by atoms with Crippen molar-refractivity contribution in [3.05, 3.63) is 35.4 Å². The number of morpholine rings is 1. The molecule has 1 aromatic rings. The molecule has 1 aliphatic heterocycles. The van der Waals surface area contributed by atoms with Gasteiger partial charge in [-0.3, -0.25) is 0 Å². The van der Waals surface area contributed by atoms with E-state index in [0.717, 1.165) is 25.3 Å². The third-order valence-electron chi connectivity index (χ3n) is 5.77. The minimum absolute atomic E-state index is 0.147. The molecule has 1 aliphatic carbocycles. The summed E-state index contributed by atoms with van der Waals surface area (Å²) in [6.45, 7) is 9.85. The second-order valence-electron chi connectivity index (χ2n) is 8.63. The van der Waals surface area contributed by atoms with Gasteiger partial charge in [-0.1, -0.05) is 51.5 Å². The highest BCUT2D eigenvalue weighted by atomic mass is 16.5. The zero-order valence-electron chi connectivity index (χ0n) is 15.9. The molecule has 3 rings (SSSR count). The van der Waals surface area contributed by atoms with Crippen LogP contribution in [0.15, 0.2) is 24.3 Å². The first kappa shape index (κ1) is 18.8. The molecule has 140 valence electrons. The third-order valence-corrected chi connectivity index (χ3v) is 5.77.